The van der Waals surface area contributed by atoms with Gasteiger partial charge in [-0.3, -0.25) is 4.79 Å². The molecule has 0 amide bonds. The van der Waals surface area contributed by atoms with Crippen molar-refractivity contribution in [3.63, 3.8) is 0 Å². The second-order valence-electron chi connectivity index (χ2n) is 5.18. The monoisotopic (exact) mass is 318 g/mol. The highest BCUT2D eigenvalue weighted by atomic mass is 19.4. The van der Waals surface area contributed by atoms with Gasteiger partial charge >= 0.3 is 12.1 Å². The van der Waals surface area contributed by atoms with Crippen molar-refractivity contribution in [2.24, 2.45) is 0 Å². The van der Waals surface area contributed by atoms with Crippen molar-refractivity contribution in [1.29, 1.82) is 0 Å². The van der Waals surface area contributed by atoms with Crippen molar-refractivity contribution in [2.45, 2.75) is 51.6 Å². The fraction of sp³-hybridized carbons (Fsp3) is 0.562. The number of benzene rings is 1. The topological polar surface area (TPSA) is 46.5 Å². The molecule has 0 bridgehead atoms. The van der Waals surface area contributed by atoms with Crippen molar-refractivity contribution >= 4 is 5.97 Å². The lowest BCUT2D eigenvalue weighted by atomic mass is 9.89. The standard InChI is InChI=1S/C16H21F3O3/c1-3-5-11(9-15(20)21)13-10-12(16(17,18)19)6-7-14(13)22-8-4-2/h6-7,10-11H,3-5,8-9H2,1-2H3,(H,20,21). The van der Waals surface area contributed by atoms with E-state index in [2.05, 4.69) is 0 Å². The number of ether oxygens (including phenoxy) is 1. The molecule has 1 aromatic rings. The summed E-state index contributed by atoms with van der Waals surface area (Å²) in [6.07, 6.45) is -2.77. The van der Waals surface area contributed by atoms with E-state index in [9.17, 15) is 18.0 Å². The first kappa shape index (κ1) is 18.3. The molecule has 22 heavy (non-hydrogen) atoms. The Hall–Kier alpha value is -1.72. The molecule has 0 aliphatic rings. The Kier molecular flexibility index (Phi) is 6.71. The summed E-state index contributed by atoms with van der Waals surface area (Å²) in [5.74, 6) is -1.18. The molecule has 6 heteroatoms. The Morgan fingerprint density at radius 3 is 2.45 bits per heavy atom. The van der Waals surface area contributed by atoms with Crippen LogP contribution in [0.25, 0.3) is 0 Å². The first-order chi connectivity index (χ1) is 10.3. The zero-order valence-corrected chi connectivity index (χ0v) is 12.7. The number of rotatable bonds is 8. The van der Waals surface area contributed by atoms with E-state index in [4.69, 9.17) is 9.84 Å². The lowest BCUT2D eigenvalue weighted by molar-refractivity contribution is -0.138. The molecule has 0 heterocycles. The average Bonchev–Trinajstić information content (AvgIpc) is 2.43. The van der Waals surface area contributed by atoms with E-state index in [1.807, 2.05) is 13.8 Å². The number of alkyl halides is 3. The molecule has 0 aromatic heterocycles. The SMILES string of the molecule is CCCOc1ccc(C(F)(F)F)cc1C(CCC)CC(=O)O. The highest BCUT2D eigenvalue weighted by Gasteiger charge is 2.32. The number of hydrogen-bond donors (Lipinski definition) is 1. The minimum Gasteiger partial charge on any atom is -0.493 e. The van der Waals surface area contributed by atoms with Crippen LogP contribution < -0.4 is 4.74 Å². The predicted molar refractivity (Wildman–Crippen MR) is 77.1 cm³/mol. The van der Waals surface area contributed by atoms with Crippen LogP contribution in [-0.2, 0) is 11.0 Å². The van der Waals surface area contributed by atoms with Gasteiger partial charge in [0.15, 0.2) is 0 Å². The molecule has 0 aliphatic heterocycles. The molecule has 0 saturated heterocycles. The van der Waals surface area contributed by atoms with Crippen molar-refractivity contribution in [3.8, 4) is 5.75 Å². The van der Waals surface area contributed by atoms with Gasteiger partial charge in [0.05, 0.1) is 18.6 Å². The second-order valence-corrected chi connectivity index (χ2v) is 5.18. The summed E-state index contributed by atoms with van der Waals surface area (Å²) in [5.41, 5.74) is -0.453. The van der Waals surface area contributed by atoms with E-state index in [1.54, 1.807) is 0 Å². The first-order valence-electron chi connectivity index (χ1n) is 7.35. The second kappa shape index (κ2) is 8.06. The number of halogens is 3. The van der Waals surface area contributed by atoms with E-state index in [0.29, 0.717) is 30.8 Å². The summed E-state index contributed by atoms with van der Waals surface area (Å²) in [6, 6.07) is 3.28. The zero-order valence-electron chi connectivity index (χ0n) is 12.7. The zero-order chi connectivity index (χ0) is 16.8. The Labute approximate surface area is 128 Å². The maximum Gasteiger partial charge on any atom is 0.416 e. The van der Waals surface area contributed by atoms with Gasteiger partial charge in [-0.05, 0) is 42.5 Å². The van der Waals surface area contributed by atoms with Crippen molar-refractivity contribution in [2.75, 3.05) is 6.61 Å². The molecule has 1 unspecified atom stereocenters. The van der Waals surface area contributed by atoms with Gasteiger partial charge in [-0.15, -0.1) is 0 Å². The average molecular weight is 318 g/mol. The Bertz CT molecular complexity index is 498. The van der Waals surface area contributed by atoms with Crippen molar-refractivity contribution in [1.82, 2.24) is 0 Å². The summed E-state index contributed by atoms with van der Waals surface area (Å²) in [5, 5.41) is 9.00. The van der Waals surface area contributed by atoms with E-state index in [1.165, 1.54) is 6.07 Å². The van der Waals surface area contributed by atoms with E-state index >= 15 is 0 Å². The van der Waals surface area contributed by atoms with Gasteiger partial charge in [0.2, 0.25) is 0 Å². The fourth-order valence-corrected chi connectivity index (χ4v) is 2.31. The molecule has 0 radical (unpaired) electrons. The lowest BCUT2D eigenvalue weighted by Crippen LogP contribution is -2.12. The third kappa shape index (κ3) is 5.24. The Morgan fingerprint density at radius 1 is 1.27 bits per heavy atom. The van der Waals surface area contributed by atoms with Gasteiger partial charge in [0.1, 0.15) is 5.75 Å². The lowest BCUT2D eigenvalue weighted by Gasteiger charge is -2.20. The third-order valence-electron chi connectivity index (χ3n) is 3.30. The molecule has 1 atom stereocenters. The van der Waals surface area contributed by atoms with Crippen LogP contribution in [0.15, 0.2) is 18.2 Å². The van der Waals surface area contributed by atoms with E-state index in [0.717, 1.165) is 18.6 Å². The number of carbonyl (C=O) groups is 1. The maximum absolute atomic E-state index is 12.9. The number of carboxylic acids is 1. The first-order valence-corrected chi connectivity index (χ1v) is 7.35. The summed E-state index contributed by atoms with van der Waals surface area (Å²) in [4.78, 5) is 11.0. The molecule has 0 fully saturated rings. The molecule has 1 aromatic carbocycles. The van der Waals surface area contributed by atoms with Crippen LogP contribution in [0.5, 0.6) is 5.75 Å². The van der Waals surface area contributed by atoms with Crippen LogP contribution in [0.3, 0.4) is 0 Å². The van der Waals surface area contributed by atoms with Gasteiger partial charge in [0, 0.05) is 0 Å². The highest BCUT2D eigenvalue weighted by Crippen LogP contribution is 2.38. The van der Waals surface area contributed by atoms with Crippen LogP contribution in [0.4, 0.5) is 13.2 Å². The molecule has 1 N–H and O–H groups in total. The molecule has 3 nitrogen and oxygen atoms in total. The minimum absolute atomic E-state index is 0.211. The number of aliphatic carboxylic acids is 1. The Morgan fingerprint density at radius 2 is 1.95 bits per heavy atom. The molecule has 0 aliphatic carbocycles. The molecular formula is C16H21F3O3. The third-order valence-corrected chi connectivity index (χ3v) is 3.30. The highest BCUT2D eigenvalue weighted by molar-refractivity contribution is 5.68. The quantitative estimate of drug-likeness (QED) is 0.745. The Balaban J connectivity index is 3.25. The molecule has 0 spiro atoms. The number of hydrogen-bond acceptors (Lipinski definition) is 2. The van der Waals surface area contributed by atoms with Gasteiger partial charge in [-0.25, -0.2) is 0 Å². The van der Waals surface area contributed by atoms with Gasteiger partial charge in [-0.2, -0.15) is 13.2 Å². The van der Waals surface area contributed by atoms with Gasteiger partial charge in [-0.1, -0.05) is 20.3 Å². The molecule has 124 valence electrons. The largest absolute Gasteiger partial charge is 0.493 e. The molecule has 0 saturated carbocycles. The summed E-state index contributed by atoms with van der Waals surface area (Å²) in [7, 11) is 0. The summed E-state index contributed by atoms with van der Waals surface area (Å²) >= 11 is 0. The predicted octanol–water partition coefficient (Wildman–Crippen LogP) is 4.85. The van der Waals surface area contributed by atoms with Crippen LogP contribution in [-0.4, -0.2) is 17.7 Å². The van der Waals surface area contributed by atoms with Gasteiger partial charge < -0.3 is 9.84 Å². The van der Waals surface area contributed by atoms with E-state index in [-0.39, 0.29) is 6.42 Å². The normalized spacial score (nSPS) is 13.0. The summed E-state index contributed by atoms with van der Waals surface area (Å²) in [6.45, 7) is 4.14. The van der Waals surface area contributed by atoms with Crippen LogP contribution in [0.2, 0.25) is 0 Å². The smallest absolute Gasteiger partial charge is 0.416 e. The van der Waals surface area contributed by atoms with Crippen LogP contribution in [0, 0.1) is 0 Å². The molecular weight excluding hydrogens is 297 g/mol. The number of carboxylic acid groups (broad SMARTS) is 1. The van der Waals surface area contributed by atoms with Crippen LogP contribution in [0.1, 0.15) is 56.6 Å². The fourth-order valence-electron chi connectivity index (χ4n) is 2.31. The van der Waals surface area contributed by atoms with Crippen molar-refractivity contribution < 1.29 is 27.8 Å². The minimum atomic E-state index is -4.46. The summed E-state index contributed by atoms with van der Waals surface area (Å²) < 4.78 is 44.2. The van der Waals surface area contributed by atoms with Crippen molar-refractivity contribution in [3.05, 3.63) is 29.3 Å². The van der Waals surface area contributed by atoms with Crippen LogP contribution >= 0.6 is 0 Å². The maximum atomic E-state index is 12.9. The van der Waals surface area contributed by atoms with E-state index < -0.39 is 23.6 Å². The van der Waals surface area contributed by atoms with Gasteiger partial charge in [0.25, 0.3) is 0 Å². The molecule has 1 rings (SSSR count).